The average molecular weight is 435 g/mol. The second-order valence-electron chi connectivity index (χ2n) is 7.16. The standard InChI is InChI=1S/C21H17N5O6/c1-11-19-12(8-14(16-4-3-5-30-16)22-20(19)25(2)24-11)21(27)23-13-9-17-18(32-7-6-31-17)10-15(13)26(28)29/h3-5,8-10H,6-7H2,1-2H3,(H,23,27). The van der Waals surface area contributed by atoms with Gasteiger partial charge in [-0.05, 0) is 25.1 Å². The number of aryl methyl sites for hydroxylation is 2. The molecule has 0 fully saturated rings. The molecule has 4 aromatic rings. The fourth-order valence-corrected chi connectivity index (χ4v) is 3.69. The van der Waals surface area contributed by atoms with Crippen molar-refractivity contribution in [2.45, 2.75) is 6.92 Å². The average Bonchev–Trinajstić information content (AvgIpc) is 3.41. The number of carbonyl (C=O) groups is 1. The molecule has 11 nitrogen and oxygen atoms in total. The molecule has 0 unspecified atom stereocenters. The fourth-order valence-electron chi connectivity index (χ4n) is 3.69. The van der Waals surface area contributed by atoms with Crippen LogP contribution in [-0.2, 0) is 7.05 Å². The summed E-state index contributed by atoms with van der Waals surface area (Å²) in [5.74, 6) is 0.507. The third kappa shape index (κ3) is 3.20. The van der Waals surface area contributed by atoms with Crippen LogP contribution in [-0.4, -0.2) is 38.8 Å². The van der Waals surface area contributed by atoms with Crippen molar-refractivity contribution in [3.8, 4) is 23.0 Å². The molecule has 11 heteroatoms. The van der Waals surface area contributed by atoms with Gasteiger partial charge in [-0.3, -0.25) is 19.6 Å². The lowest BCUT2D eigenvalue weighted by atomic mass is 10.1. The second kappa shape index (κ2) is 7.38. The second-order valence-corrected chi connectivity index (χ2v) is 7.16. The molecule has 1 aliphatic rings. The number of hydrogen-bond acceptors (Lipinski definition) is 8. The Kier molecular flexibility index (Phi) is 4.51. The van der Waals surface area contributed by atoms with Gasteiger partial charge < -0.3 is 19.2 Å². The summed E-state index contributed by atoms with van der Waals surface area (Å²) < 4.78 is 17.9. The number of ether oxygens (including phenoxy) is 2. The number of benzene rings is 1. The van der Waals surface area contributed by atoms with E-state index in [0.717, 1.165) is 0 Å². The zero-order valence-electron chi connectivity index (χ0n) is 17.1. The molecule has 0 saturated heterocycles. The van der Waals surface area contributed by atoms with E-state index in [9.17, 15) is 14.9 Å². The highest BCUT2D eigenvalue weighted by atomic mass is 16.6. The van der Waals surface area contributed by atoms with Gasteiger partial charge in [0.25, 0.3) is 11.6 Å². The Morgan fingerprint density at radius 2 is 1.97 bits per heavy atom. The summed E-state index contributed by atoms with van der Waals surface area (Å²) in [6.45, 7) is 2.37. The Bertz CT molecular complexity index is 1380. The predicted octanol–water partition coefficient (Wildman–Crippen LogP) is 3.47. The lowest BCUT2D eigenvalue weighted by Crippen LogP contribution is -2.18. The van der Waals surface area contributed by atoms with Gasteiger partial charge >= 0.3 is 0 Å². The minimum Gasteiger partial charge on any atom is -0.486 e. The van der Waals surface area contributed by atoms with Crippen molar-refractivity contribution in [1.29, 1.82) is 0 Å². The van der Waals surface area contributed by atoms with Gasteiger partial charge in [0.05, 0.1) is 33.9 Å². The van der Waals surface area contributed by atoms with Crippen molar-refractivity contribution >= 4 is 28.3 Å². The van der Waals surface area contributed by atoms with Crippen molar-refractivity contribution in [2.24, 2.45) is 7.05 Å². The number of carbonyl (C=O) groups excluding carboxylic acids is 1. The number of pyridine rings is 1. The van der Waals surface area contributed by atoms with Crippen LogP contribution in [0.3, 0.4) is 0 Å². The number of fused-ring (bicyclic) bond motifs is 2. The molecule has 4 heterocycles. The maximum Gasteiger partial charge on any atom is 0.296 e. The van der Waals surface area contributed by atoms with Gasteiger partial charge in [0.1, 0.15) is 24.6 Å². The molecule has 0 spiro atoms. The summed E-state index contributed by atoms with van der Waals surface area (Å²) in [4.78, 5) is 29.0. The summed E-state index contributed by atoms with van der Waals surface area (Å²) in [7, 11) is 1.72. The Balaban J connectivity index is 1.62. The van der Waals surface area contributed by atoms with E-state index in [-0.39, 0.29) is 22.7 Å². The molecule has 1 N–H and O–H groups in total. The van der Waals surface area contributed by atoms with E-state index in [2.05, 4.69) is 15.4 Å². The third-order valence-electron chi connectivity index (χ3n) is 5.09. The van der Waals surface area contributed by atoms with E-state index < -0.39 is 10.8 Å². The van der Waals surface area contributed by atoms with E-state index >= 15 is 0 Å². The molecule has 3 aromatic heterocycles. The molecule has 1 aromatic carbocycles. The highest BCUT2D eigenvalue weighted by molar-refractivity contribution is 6.14. The maximum atomic E-state index is 13.4. The quantitative estimate of drug-likeness (QED) is 0.380. The number of rotatable bonds is 4. The number of aromatic nitrogens is 3. The van der Waals surface area contributed by atoms with Crippen LogP contribution >= 0.6 is 0 Å². The molecule has 162 valence electrons. The third-order valence-corrected chi connectivity index (χ3v) is 5.09. The molecule has 0 atom stereocenters. The number of nitrogens with zero attached hydrogens (tertiary/aromatic N) is 4. The minimum atomic E-state index is -0.584. The first kappa shape index (κ1) is 19.5. The van der Waals surface area contributed by atoms with Crippen LogP contribution in [0, 0.1) is 17.0 Å². The van der Waals surface area contributed by atoms with E-state index in [0.29, 0.717) is 47.1 Å². The van der Waals surface area contributed by atoms with E-state index in [1.54, 1.807) is 36.9 Å². The molecule has 0 saturated carbocycles. The molecular weight excluding hydrogens is 418 g/mol. The summed E-state index contributed by atoms with van der Waals surface area (Å²) in [6, 6.07) is 7.66. The van der Waals surface area contributed by atoms with Gasteiger partial charge in [0.2, 0.25) is 0 Å². The smallest absolute Gasteiger partial charge is 0.296 e. The summed E-state index contributed by atoms with van der Waals surface area (Å²) in [5, 5.41) is 19.2. The van der Waals surface area contributed by atoms with Crippen LogP contribution in [0.25, 0.3) is 22.5 Å². The van der Waals surface area contributed by atoms with Gasteiger partial charge in [-0.2, -0.15) is 5.10 Å². The molecule has 0 bridgehead atoms. The van der Waals surface area contributed by atoms with Crippen molar-refractivity contribution in [2.75, 3.05) is 18.5 Å². The Morgan fingerprint density at radius 3 is 2.66 bits per heavy atom. The number of nitro groups is 1. The summed E-state index contributed by atoms with van der Waals surface area (Å²) in [6.07, 6.45) is 1.51. The van der Waals surface area contributed by atoms with Gasteiger partial charge in [0.15, 0.2) is 22.9 Å². The van der Waals surface area contributed by atoms with Crippen LogP contribution in [0.4, 0.5) is 11.4 Å². The van der Waals surface area contributed by atoms with Crippen molar-refractivity contribution < 1.29 is 23.6 Å². The van der Waals surface area contributed by atoms with Crippen LogP contribution in [0.5, 0.6) is 11.5 Å². The van der Waals surface area contributed by atoms with Crippen molar-refractivity contribution in [3.05, 3.63) is 58.0 Å². The van der Waals surface area contributed by atoms with E-state index in [4.69, 9.17) is 13.9 Å². The van der Waals surface area contributed by atoms with Crippen molar-refractivity contribution in [3.63, 3.8) is 0 Å². The first-order valence-electron chi connectivity index (χ1n) is 9.70. The van der Waals surface area contributed by atoms with Gasteiger partial charge in [-0.1, -0.05) is 0 Å². The largest absolute Gasteiger partial charge is 0.486 e. The van der Waals surface area contributed by atoms with Crippen LogP contribution in [0.15, 0.2) is 41.0 Å². The monoisotopic (exact) mass is 435 g/mol. The van der Waals surface area contributed by atoms with E-state index in [1.807, 2.05) is 0 Å². The Labute approximate surface area is 180 Å². The maximum absolute atomic E-state index is 13.4. The van der Waals surface area contributed by atoms with Gasteiger partial charge in [0, 0.05) is 13.1 Å². The van der Waals surface area contributed by atoms with Crippen LogP contribution < -0.4 is 14.8 Å². The SMILES string of the molecule is Cc1nn(C)c2nc(-c3ccco3)cc(C(=O)Nc3cc4c(cc3[N+](=O)[O-])OCCO4)c12. The molecular formula is C21H17N5O6. The summed E-state index contributed by atoms with van der Waals surface area (Å²) in [5.41, 5.74) is 1.47. The topological polar surface area (TPSA) is 135 Å². The first-order valence-corrected chi connectivity index (χ1v) is 9.70. The molecule has 0 aliphatic carbocycles. The highest BCUT2D eigenvalue weighted by Crippen LogP contribution is 2.40. The minimum absolute atomic E-state index is 0.00435. The molecule has 1 amide bonds. The number of nitro benzene ring substituents is 1. The number of nitrogens with one attached hydrogen (secondary N) is 1. The predicted molar refractivity (Wildman–Crippen MR) is 113 cm³/mol. The normalized spacial score (nSPS) is 12.7. The first-order chi connectivity index (χ1) is 15.4. The van der Waals surface area contributed by atoms with E-state index in [1.165, 1.54) is 18.4 Å². The molecule has 1 aliphatic heterocycles. The van der Waals surface area contributed by atoms with Gasteiger partial charge in [-0.25, -0.2) is 4.98 Å². The molecule has 32 heavy (non-hydrogen) atoms. The Hall–Kier alpha value is -4.41. The van der Waals surface area contributed by atoms with Gasteiger partial charge in [-0.15, -0.1) is 0 Å². The van der Waals surface area contributed by atoms with Crippen molar-refractivity contribution in [1.82, 2.24) is 14.8 Å². The zero-order valence-corrected chi connectivity index (χ0v) is 17.1. The summed E-state index contributed by atoms with van der Waals surface area (Å²) >= 11 is 0. The Morgan fingerprint density at radius 1 is 1.22 bits per heavy atom. The van der Waals surface area contributed by atoms with Crippen LogP contribution in [0.2, 0.25) is 0 Å². The molecule has 0 radical (unpaired) electrons. The fraction of sp³-hybridized carbons (Fsp3) is 0.190. The number of hydrogen-bond donors (Lipinski definition) is 1. The number of anilines is 1. The lowest BCUT2D eigenvalue weighted by molar-refractivity contribution is -0.384. The van der Waals surface area contributed by atoms with Crippen LogP contribution in [0.1, 0.15) is 16.1 Å². The highest BCUT2D eigenvalue weighted by Gasteiger charge is 2.26. The number of furan rings is 1. The lowest BCUT2D eigenvalue weighted by Gasteiger charge is -2.19. The number of amides is 1. The molecule has 5 rings (SSSR count). The zero-order chi connectivity index (χ0) is 22.4.